The van der Waals surface area contributed by atoms with Crippen LogP contribution in [-0.2, 0) is 21.1 Å². The topological polar surface area (TPSA) is 43.8 Å². The first-order valence-electron chi connectivity index (χ1n) is 12.3. The molecule has 6 heteroatoms. The Labute approximate surface area is 232 Å². The fourth-order valence-electron chi connectivity index (χ4n) is 5.55. The van der Waals surface area contributed by atoms with Gasteiger partial charge in [-0.3, -0.25) is 9.97 Å². The number of aryl methyl sites for hydroxylation is 2. The number of benzene rings is 4. The van der Waals surface area contributed by atoms with Crippen molar-refractivity contribution in [2.75, 3.05) is 0 Å². The molecule has 0 fully saturated rings. The predicted molar refractivity (Wildman–Crippen MR) is 148 cm³/mol. The maximum Gasteiger partial charge on any atom is 2.00 e. The summed E-state index contributed by atoms with van der Waals surface area (Å²) in [5.41, 5.74) is 6.15. The Morgan fingerprint density at radius 2 is 1.29 bits per heavy atom. The van der Waals surface area contributed by atoms with Crippen molar-refractivity contribution in [2.45, 2.75) is 13.8 Å². The molecule has 0 saturated carbocycles. The summed E-state index contributed by atoms with van der Waals surface area (Å²) >= 11 is 0. The normalized spacial score (nSPS) is 11.7. The van der Waals surface area contributed by atoms with Gasteiger partial charge in [-0.1, -0.05) is 82.2 Å². The second-order valence-electron chi connectivity index (χ2n) is 9.42. The number of imidazole rings is 2. The molecule has 0 aliphatic heterocycles. The van der Waals surface area contributed by atoms with Crippen LogP contribution in [0.3, 0.4) is 0 Å². The molecular formula is C32H20N4OPt. The van der Waals surface area contributed by atoms with Crippen molar-refractivity contribution in [3.05, 3.63) is 109 Å². The van der Waals surface area contributed by atoms with Crippen molar-refractivity contribution in [3.63, 3.8) is 0 Å². The van der Waals surface area contributed by atoms with Gasteiger partial charge < -0.3 is 13.5 Å². The molecule has 184 valence electrons. The average molecular weight is 672 g/mol. The maximum absolute atomic E-state index is 6.34. The minimum absolute atomic E-state index is 0. The molecule has 0 unspecified atom stereocenters. The molecule has 0 N–H and O–H groups in total. The van der Waals surface area contributed by atoms with Crippen LogP contribution in [0.2, 0.25) is 0 Å². The number of hydrogen-bond acceptors (Lipinski definition) is 3. The van der Waals surface area contributed by atoms with Crippen LogP contribution in [0.1, 0.15) is 11.4 Å². The molecule has 0 radical (unpaired) electrons. The van der Waals surface area contributed by atoms with Gasteiger partial charge in [-0.25, -0.2) is 0 Å². The molecule has 5 nitrogen and oxygen atoms in total. The second kappa shape index (κ2) is 8.40. The third kappa shape index (κ3) is 3.15. The number of aromatic nitrogens is 4. The molecule has 8 rings (SSSR count). The van der Waals surface area contributed by atoms with Gasteiger partial charge in [-0.2, -0.15) is 0 Å². The minimum Gasteiger partial charge on any atom is -0.497 e. The third-order valence-corrected chi connectivity index (χ3v) is 7.38. The number of fused-ring (bicyclic) bond motifs is 12. The standard InChI is InChI=1S/C32H20N4O.Pt/c1-19-20(2)36-30-10-6-4-8-26(30)24-14-12-22(18-28(24)32(36)34-19)37-21-11-13-23-25-7-3-5-9-29(25)35-16-15-33-31(35)27(23)17-21;/h3-16H,1-2H3;/q-2;+2. The average Bonchev–Trinajstić information content (AvgIpc) is 3.54. The summed E-state index contributed by atoms with van der Waals surface area (Å²) in [4.78, 5) is 9.51. The molecule has 4 aromatic carbocycles. The summed E-state index contributed by atoms with van der Waals surface area (Å²) < 4.78 is 10.7. The van der Waals surface area contributed by atoms with Gasteiger partial charge in [0, 0.05) is 46.3 Å². The molecule has 38 heavy (non-hydrogen) atoms. The third-order valence-electron chi connectivity index (χ3n) is 7.38. The van der Waals surface area contributed by atoms with Crippen LogP contribution in [-0.4, -0.2) is 18.8 Å². The van der Waals surface area contributed by atoms with Gasteiger partial charge in [0.2, 0.25) is 0 Å². The number of para-hydroxylation sites is 2. The SMILES string of the molecule is Cc1nc2c3[c-]c(Oc4[c-]c5c(cc4)c4ccccc4n4ccnc54)ccc3c3ccccc3n2c1C.[Pt+2]. The van der Waals surface area contributed by atoms with Crippen LogP contribution >= 0.6 is 0 Å². The molecule has 0 aliphatic rings. The quantitative estimate of drug-likeness (QED) is 0.141. The van der Waals surface area contributed by atoms with Crippen LogP contribution in [0.15, 0.2) is 85.2 Å². The van der Waals surface area contributed by atoms with E-state index in [1.807, 2.05) is 37.5 Å². The van der Waals surface area contributed by atoms with Crippen LogP contribution in [0.5, 0.6) is 11.5 Å². The van der Waals surface area contributed by atoms with E-state index in [0.717, 1.165) is 60.6 Å². The number of ether oxygens (including phenoxy) is 1. The van der Waals surface area contributed by atoms with Crippen LogP contribution in [0, 0.1) is 26.0 Å². The second-order valence-corrected chi connectivity index (χ2v) is 9.42. The first-order valence-corrected chi connectivity index (χ1v) is 12.3. The molecule has 4 aromatic heterocycles. The molecule has 0 bridgehead atoms. The minimum atomic E-state index is 0. The van der Waals surface area contributed by atoms with Gasteiger partial charge in [-0.05, 0) is 36.8 Å². The predicted octanol–water partition coefficient (Wildman–Crippen LogP) is 7.60. The Balaban J connectivity index is 0.00000242. The molecule has 0 spiro atoms. The van der Waals surface area contributed by atoms with E-state index in [9.17, 15) is 0 Å². The van der Waals surface area contributed by atoms with E-state index in [1.165, 1.54) is 5.39 Å². The number of pyridine rings is 2. The molecule has 0 atom stereocenters. The van der Waals surface area contributed by atoms with Crippen molar-refractivity contribution >= 4 is 54.6 Å². The summed E-state index contributed by atoms with van der Waals surface area (Å²) in [5, 5.41) is 6.39. The van der Waals surface area contributed by atoms with Gasteiger partial charge in [0.05, 0.1) is 11.3 Å². The Hall–Kier alpha value is -4.21. The summed E-state index contributed by atoms with van der Waals surface area (Å²) in [6.45, 7) is 4.16. The van der Waals surface area contributed by atoms with Gasteiger partial charge in [0.25, 0.3) is 0 Å². The van der Waals surface area contributed by atoms with E-state index in [4.69, 9.17) is 9.72 Å². The van der Waals surface area contributed by atoms with Crippen molar-refractivity contribution in [3.8, 4) is 11.5 Å². The monoisotopic (exact) mass is 671 g/mol. The summed E-state index contributed by atoms with van der Waals surface area (Å²) in [6, 6.07) is 31.9. The largest absolute Gasteiger partial charge is 2.00 e. The number of hydrogen-bond donors (Lipinski definition) is 0. The van der Waals surface area contributed by atoms with Gasteiger partial charge in [-0.15, -0.1) is 12.1 Å². The molecule has 4 heterocycles. The van der Waals surface area contributed by atoms with Gasteiger partial charge in [0.15, 0.2) is 0 Å². The zero-order chi connectivity index (χ0) is 24.7. The first-order chi connectivity index (χ1) is 18.2. The maximum atomic E-state index is 6.34. The van der Waals surface area contributed by atoms with E-state index in [1.54, 1.807) is 0 Å². The van der Waals surface area contributed by atoms with Gasteiger partial charge in [0.1, 0.15) is 0 Å². The van der Waals surface area contributed by atoms with Crippen LogP contribution in [0.4, 0.5) is 0 Å². The van der Waals surface area contributed by atoms with E-state index in [0.29, 0.717) is 11.5 Å². The van der Waals surface area contributed by atoms with E-state index in [2.05, 4.69) is 87.4 Å². The Kier molecular flexibility index (Phi) is 5.07. The van der Waals surface area contributed by atoms with Crippen LogP contribution < -0.4 is 4.74 Å². The van der Waals surface area contributed by atoms with E-state index < -0.39 is 0 Å². The fraction of sp³-hybridized carbons (Fsp3) is 0.0625. The summed E-state index contributed by atoms with van der Waals surface area (Å²) in [7, 11) is 0. The van der Waals surface area contributed by atoms with Crippen molar-refractivity contribution in [1.82, 2.24) is 18.8 Å². The van der Waals surface area contributed by atoms with E-state index >= 15 is 0 Å². The van der Waals surface area contributed by atoms with Crippen molar-refractivity contribution < 1.29 is 25.8 Å². The number of rotatable bonds is 2. The smallest absolute Gasteiger partial charge is 0.497 e. The molecule has 0 amide bonds. The van der Waals surface area contributed by atoms with Crippen molar-refractivity contribution in [1.29, 1.82) is 0 Å². The molecule has 0 aliphatic carbocycles. The first kappa shape index (κ1) is 22.9. The Bertz CT molecular complexity index is 2210. The Morgan fingerprint density at radius 1 is 0.684 bits per heavy atom. The van der Waals surface area contributed by atoms with Gasteiger partial charge >= 0.3 is 21.1 Å². The number of nitrogens with zero attached hydrogens (tertiary/aromatic N) is 4. The zero-order valence-corrected chi connectivity index (χ0v) is 22.9. The van der Waals surface area contributed by atoms with E-state index in [-0.39, 0.29) is 21.1 Å². The van der Waals surface area contributed by atoms with Crippen molar-refractivity contribution in [2.24, 2.45) is 0 Å². The molecule has 8 aromatic rings. The summed E-state index contributed by atoms with van der Waals surface area (Å²) in [6.07, 6.45) is 3.81. The molecular weight excluding hydrogens is 651 g/mol. The zero-order valence-electron chi connectivity index (χ0n) is 20.6. The molecule has 0 saturated heterocycles. The fourth-order valence-corrected chi connectivity index (χ4v) is 5.55. The Morgan fingerprint density at radius 3 is 2.00 bits per heavy atom. The summed E-state index contributed by atoms with van der Waals surface area (Å²) in [5.74, 6) is 1.24. The van der Waals surface area contributed by atoms with Crippen LogP contribution in [0.25, 0.3) is 54.6 Å².